The summed E-state index contributed by atoms with van der Waals surface area (Å²) in [6, 6.07) is 14.4. The lowest BCUT2D eigenvalue weighted by atomic mass is 10.0. The van der Waals surface area contributed by atoms with Crippen molar-refractivity contribution in [3.63, 3.8) is 0 Å². The summed E-state index contributed by atoms with van der Waals surface area (Å²) >= 11 is 0. The van der Waals surface area contributed by atoms with Crippen LogP contribution in [0.4, 0.5) is 11.4 Å². The summed E-state index contributed by atoms with van der Waals surface area (Å²) in [6.07, 6.45) is 0. The van der Waals surface area contributed by atoms with Crippen LogP contribution in [0.2, 0.25) is 0 Å². The number of para-hydroxylation sites is 1. The Morgan fingerprint density at radius 2 is 1.72 bits per heavy atom. The van der Waals surface area contributed by atoms with Gasteiger partial charge in [0.05, 0.1) is 18.7 Å². The van der Waals surface area contributed by atoms with Gasteiger partial charge in [0, 0.05) is 25.4 Å². The van der Waals surface area contributed by atoms with Gasteiger partial charge in [0.15, 0.2) is 0 Å². The van der Waals surface area contributed by atoms with Gasteiger partial charge in [-0.3, -0.25) is 19.3 Å². The van der Waals surface area contributed by atoms with Crippen molar-refractivity contribution in [3.05, 3.63) is 65.4 Å². The van der Waals surface area contributed by atoms with E-state index in [1.165, 1.54) is 18.9 Å². The van der Waals surface area contributed by atoms with Crippen LogP contribution in [0.3, 0.4) is 0 Å². The molecule has 7 heteroatoms. The second kappa shape index (κ2) is 8.70. The van der Waals surface area contributed by atoms with Gasteiger partial charge >= 0.3 is 0 Å². The molecule has 0 saturated carbocycles. The standard InChI is InChI=1S/C22H23N3O4/c1-14-6-4-5-7-18(14)24-20-19(21(27)25(22(20)28)12-13-29-3)16-8-10-17(11-9-16)23-15(2)26/h4-11,24H,12-13H2,1-3H3,(H,23,26). The first-order valence-electron chi connectivity index (χ1n) is 9.22. The van der Waals surface area contributed by atoms with Crippen LogP contribution >= 0.6 is 0 Å². The summed E-state index contributed by atoms with van der Waals surface area (Å²) in [7, 11) is 1.52. The first-order valence-corrected chi connectivity index (χ1v) is 9.22. The zero-order valence-corrected chi connectivity index (χ0v) is 16.6. The molecule has 0 aromatic heterocycles. The fourth-order valence-corrected chi connectivity index (χ4v) is 3.12. The number of aryl methyl sites for hydroxylation is 1. The molecule has 29 heavy (non-hydrogen) atoms. The van der Waals surface area contributed by atoms with E-state index in [0.29, 0.717) is 16.8 Å². The molecule has 3 amide bonds. The Labute approximate surface area is 169 Å². The molecule has 3 rings (SSSR count). The molecular weight excluding hydrogens is 370 g/mol. The Kier molecular flexibility index (Phi) is 6.09. The van der Waals surface area contributed by atoms with Crippen LogP contribution in [-0.4, -0.2) is 42.9 Å². The van der Waals surface area contributed by atoms with E-state index in [0.717, 1.165) is 11.3 Å². The number of benzene rings is 2. The average molecular weight is 393 g/mol. The Balaban J connectivity index is 2.02. The van der Waals surface area contributed by atoms with Crippen molar-refractivity contribution in [1.82, 2.24) is 4.90 Å². The van der Waals surface area contributed by atoms with Gasteiger partial charge in [0.2, 0.25) is 5.91 Å². The van der Waals surface area contributed by atoms with Crippen molar-refractivity contribution < 1.29 is 19.1 Å². The largest absolute Gasteiger partial charge is 0.383 e. The molecule has 0 unspecified atom stereocenters. The predicted molar refractivity (Wildman–Crippen MR) is 111 cm³/mol. The summed E-state index contributed by atoms with van der Waals surface area (Å²) in [4.78, 5) is 38.5. The lowest BCUT2D eigenvalue weighted by Gasteiger charge is -2.15. The zero-order chi connectivity index (χ0) is 21.0. The van der Waals surface area contributed by atoms with Gasteiger partial charge in [0.1, 0.15) is 5.70 Å². The van der Waals surface area contributed by atoms with Crippen LogP contribution in [0.5, 0.6) is 0 Å². The molecule has 0 bridgehead atoms. The minimum atomic E-state index is -0.392. The Bertz CT molecular complexity index is 980. The number of hydrogen-bond donors (Lipinski definition) is 2. The molecule has 150 valence electrons. The Hall–Kier alpha value is -3.45. The number of carbonyl (C=O) groups excluding carboxylic acids is 3. The lowest BCUT2D eigenvalue weighted by molar-refractivity contribution is -0.137. The van der Waals surface area contributed by atoms with Crippen molar-refractivity contribution in [2.24, 2.45) is 0 Å². The van der Waals surface area contributed by atoms with Gasteiger partial charge in [0.25, 0.3) is 11.8 Å². The summed E-state index contributed by atoms with van der Waals surface area (Å²) < 4.78 is 5.04. The minimum absolute atomic E-state index is 0.167. The Morgan fingerprint density at radius 3 is 2.34 bits per heavy atom. The van der Waals surface area contributed by atoms with Gasteiger partial charge in [-0.1, -0.05) is 30.3 Å². The molecule has 0 radical (unpaired) electrons. The maximum Gasteiger partial charge on any atom is 0.278 e. The van der Waals surface area contributed by atoms with E-state index in [2.05, 4.69) is 10.6 Å². The van der Waals surface area contributed by atoms with Crippen LogP contribution in [0.15, 0.2) is 54.2 Å². The molecule has 2 aromatic carbocycles. The van der Waals surface area contributed by atoms with E-state index in [-0.39, 0.29) is 30.7 Å². The highest BCUT2D eigenvalue weighted by Crippen LogP contribution is 2.31. The van der Waals surface area contributed by atoms with Gasteiger partial charge in [-0.25, -0.2) is 0 Å². The van der Waals surface area contributed by atoms with Crippen LogP contribution in [0.25, 0.3) is 5.57 Å². The first kappa shape index (κ1) is 20.3. The molecule has 7 nitrogen and oxygen atoms in total. The number of amides is 3. The van der Waals surface area contributed by atoms with Gasteiger partial charge in [-0.15, -0.1) is 0 Å². The van der Waals surface area contributed by atoms with E-state index in [1.54, 1.807) is 24.3 Å². The molecule has 0 spiro atoms. The average Bonchev–Trinajstić information content (AvgIpc) is 2.92. The predicted octanol–water partition coefficient (Wildman–Crippen LogP) is 2.79. The number of rotatable bonds is 7. The van der Waals surface area contributed by atoms with Crippen molar-refractivity contribution in [3.8, 4) is 0 Å². The second-order valence-electron chi connectivity index (χ2n) is 6.70. The molecular formula is C22H23N3O4. The van der Waals surface area contributed by atoms with Crippen LogP contribution in [0, 0.1) is 6.92 Å². The molecule has 1 aliphatic rings. The summed E-state index contributed by atoms with van der Waals surface area (Å²) in [5, 5.41) is 5.84. The second-order valence-corrected chi connectivity index (χ2v) is 6.70. The summed E-state index contributed by atoms with van der Waals surface area (Å²) in [5.41, 5.74) is 3.44. The van der Waals surface area contributed by atoms with Gasteiger partial charge in [-0.2, -0.15) is 0 Å². The number of carbonyl (C=O) groups is 3. The molecule has 2 N–H and O–H groups in total. The van der Waals surface area contributed by atoms with Crippen molar-refractivity contribution in [2.45, 2.75) is 13.8 Å². The van der Waals surface area contributed by atoms with E-state index in [4.69, 9.17) is 4.74 Å². The smallest absolute Gasteiger partial charge is 0.278 e. The highest BCUT2D eigenvalue weighted by atomic mass is 16.5. The molecule has 2 aromatic rings. The van der Waals surface area contributed by atoms with E-state index in [1.807, 2.05) is 31.2 Å². The number of nitrogens with zero attached hydrogens (tertiary/aromatic N) is 1. The van der Waals surface area contributed by atoms with Crippen molar-refractivity contribution >= 4 is 34.7 Å². The quantitative estimate of drug-likeness (QED) is 0.707. The van der Waals surface area contributed by atoms with E-state index < -0.39 is 5.91 Å². The third-order valence-corrected chi connectivity index (χ3v) is 4.59. The first-order chi connectivity index (χ1) is 13.9. The molecule has 0 saturated heterocycles. The number of imide groups is 1. The zero-order valence-electron chi connectivity index (χ0n) is 16.6. The number of hydrogen-bond acceptors (Lipinski definition) is 5. The molecule has 0 fully saturated rings. The Morgan fingerprint density at radius 1 is 1.03 bits per heavy atom. The number of anilines is 2. The fraction of sp³-hybridized carbons (Fsp3) is 0.227. The summed E-state index contributed by atoms with van der Waals surface area (Å²) in [6.45, 7) is 3.77. The number of ether oxygens (including phenoxy) is 1. The van der Waals surface area contributed by atoms with Crippen LogP contribution in [-0.2, 0) is 19.1 Å². The normalized spacial score (nSPS) is 13.8. The number of nitrogens with one attached hydrogen (secondary N) is 2. The topological polar surface area (TPSA) is 87.7 Å². The minimum Gasteiger partial charge on any atom is -0.383 e. The summed E-state index contributed by atoms with van der Waals surface area (Å²) in [5.74, 6) is -0.955. The maximum atomic E-state index is 13.1. The SMILES string of the molecule is COCCN1C(=O)C(Nc2ccccc2C)=C(c2ccc(NC(C)=O)cc2)C1=O. The van der Waals surface area contributed by atoms with Crippen molar-refractivity contribution in [1.29, 1.82) is 0 Å². The lowest BCUT2D eigenvalue weighted by Crippen LogP contribution is -2.35. The van der Waals surface area contributed by atoms with E-state index in [9.17, 15) is 14.4 Å². The molecule has 0 atom stereocenters. The third kappa shape index (κ3) is 4.35. The van der Waals surface area contributed by atoms with Gasteiger partial charge in [-0.05, 0) is 36.2 Å². The fourth-order valence-electron chi connectivity index (χ4n) is 3.12. The molecule has 1 aliphatic heterocycles. The monoisotopic (exact) mass is 393 g/mol. The van der Waals surface area contributed by atoms with E-state index >= 15 is 0 Å². The number of methoxy groups -OCH3 is 1. The molecule has 0 aliphatic carbocycles. The highest BCUT2D eigenvalue weighted by Gasteiger charge is 2.39. The van der Waals surface area contributed by atoms with Crippen LogP contribution in [0.1, 0.15) is 18.1 Å². The van der Waals surface area contributed by atoms with Crippen LogP contribution < -0.4 is 10.6 Å². The van der Waals surface area contributed by atoms with Gasteiger partial charge < -0.3 is 15.4 Å². The third-order valence-electron chi connectivity index (χ3n) is 4.59. The van der Waals surface area contributed by atoms with Crippen molar-refractivity contribution in [2.75, 3.05) is 30.9 Å². The highest BCUT2D eigenvalue weighted by molar-refractivity contribution is 6.36. The molecule has 1 heterocycles. The maximum absolute atomic E-state index is 13.1.